The molecule has 5 nitrogen and oxygen atoms in total. The van der Waals surface area contributed by atoms with Gasteiger partial charge in [0.05, 0.1) is 0 Å². The number of anilines is 1. The van der Waals surface area contributed by atoms with Crippen LogP contribution in [0.1, 0.15) is 37.7 Å². The minimum absolute atomic E-state index is 0.130. The number of urea groups is 1. The zero-order chi connectivity index (χ0) is 17.8. The van der Waals surface area contributed by atoms with Gasteiger partial charge in [0.1, 0.15) is 0 Å². The van der Waals surface area contributed by atoms with Crippen LogP contribution in [0.3, 0.4) is 0 Å². The van der Waals surface area contributed by atoms with Gasteiger partial charge in [-0.3, -0.25) is 4.79 Å². The molecule has 0 atom stereocenters. The highest BCUT2D eigenvalue weighted by atomic mass is 35.5. The summed E-state index contributed by atoms with van der Waals surface area (Å²) >= 11 is 6.00. The first-order valence-electron chi connectivity index (χ1n) is 9.15. The number of benzene rings is 1. The lowest BCUT2D eigenvalue weighted by Gasteiger charge is -2.37. The van der Waals surface area contributed by atoms with E-state index in [1.54, 1.807) is 11.0 Å². The van der Waals surface area contributed by atoms with Crippen molar-refractivity contribution in [3.63, 3.8) is 0 Å². The highest BCUT2D eigenvalue weighted by Gasteiger charge is 2.29. The van der Waals surface area contributed by atoms with E-state index in [0.29, 0.717) is 31.2 Å². The van der Waals surface area contributed by atoms with E-state index in [-0.39, 0.29) is 17.9 Å². The maximum atomic E-state index is 12.6. The number of nitrogens with zero attached hydrogens (tertiary/aromatic N) is 2. The van der Waals surface area contributed by atoms with Crippen molar-refractivity contribution < 1.29 is 9.59 Å². The van der Waals surface area contributed by atoms with Crippen LogP contribution in [0.5, 0.6) is 0 Å². The molecular weight excluding hydrogens is 338 g/mol. The molecule has 25 heavy (non-hydrogen) atoms. The Hall–Kier alpha value is -1.75. The molecule has 0 bridgehead atoms. The predicted molar refractivity (Wildman–Crippen MR) is 99.9 cm³/mol. The lowest BCUT2D eigenvalue weighted by Crippen LogP contribution is -2.53. The summed E-state index contributed by atoms with van der Waals surface area (Å²) in [5, 5.41) is 3.53. The summed E-state index contributed by atoms with van der Waals surface area (Å²) in [7, 11) is 0. The molecule has 2 fully saturated rings. The Morgan fingerprint density at radius 1 is 1.04 bits per heavy atom. The van der Waals surface area contributed by atoms with Crippen LogP contribution in [-0.2, 0) is 4.79 Å². The number of amides is 3. The quantitative estimate of drug-likeness (QED) is 0.866. The second-order valence-electron chi connectivity index (χ2n) is 7.04. The van der Waals surface area contributed by atoms with E-state index >= 15 is 0 Å². The van der Waals surface area contributed by atoms with Crippen molar-refractivity contribution in [2.45, 2.75) is 39.0 Å². The number of piperazine rings is 1. The molecule has 1 aromatic carbocycles. The fourth-order valence-corrected chi connectivity index (χ4v) is 3.83. The van der Waals surface area contributed by atoms with Gasteiger partial charge in [-0.15, -0.1) is 0 Å². The first-order chi connectivity index (χ1) is 12.0. The molecular formula is C19H26ClN3O2. The number of nitrogens with one attached hydrogen (secondary N) is 1. The molecule has 136 valence electrons. The van der Waals surface area contributed by atoms with Gasteiger partial charge in [-0.1, -0.05) is 36.9 Å². The second kappa shape index (κ2) is 8.09. The van der Waals surface area contributed by atoms with E-state index in [1.165, 1.54) is 6.42 Å². The first kappa shape index (κ1) is 18.1. The van der Waals surface area contributed by atoms with Crippen LogP contribution in [0.25, 0.3) is 0 Å². The van der Waals surface area contributed by atoms with Gasteiger partial charge in [0.2, 0.25) is 5.91 Å². The Morgan fingerprint density at radius 3 is 2.36 bits per heavy atom. The molecule has 1 aromatic rings. The number of hydrogen-bond donors (Lipinski definition) is 1. The van der Waals surface area contributed by atoms with Gasteiger partial charge in [0, 0.05) is 42.8 Å². The van der Waals surface area contributed by atoms with Gasteiger partial charge in [0.25, 0.3) is 0 Å². The molecule has 0 spiro atoms. The van der Waals surface area contributed by atoms with Crippen molar-refractivity contribution in [1.29, 1.82) is 0 Å². The largest absolute Gasteiger partial charge is 0.339 e. The Bertz CT molecular complexity index is 636. The van der Waals surface area contributed by atoms with E-state index < -0.39 is 0 Å². The molecule has 2 aliphatic rings. The third kappa shape index (κ3) is 4.46. The maximum Gasteiger partial charge on any atom is 0.321 e. The number of halogens is 1. The van der Waals surface area contributed by atoms with Crippen LogP contribution in [0.15, 0.2) is 18.2 Å². The molecule has 1 heterocycles. The summed E-state index contributed by atoms with van der Waals surface area (Å²) in [5.41, 5.74) is 1.71. The van der Waals surface area contributed by atoms with Crippen molar-refractivity contribution >= 4 is 29.2 Å². The Kier molecular flexibility index (Phi) is 5.84. The fraction of sp³-hybridized carbons (Fsp3) is 0.579. The average Bonchev–Trinajstić information content (AvgIpc) is 2.65. The van der Waals surface area contributed by atoms with Crippen molar-refractivity contribution in [3.05, 3.63) is 28.8 Å². The van der Waals surface area contributed by atoms with Crippen LogP contribution in [0.4, 0.5) is 10.5 Å². The van der Waals surface area contributed by atoms with E-state index in [4.69, 9.17) is 11.6 Å². The molecule has 1 aliphatic carbocycles. The molecule has 3 rings (SSSR count). The third-order valence-electron chi connectivity index (χ3n) is 5.27. The third-order valence-corrected chi connectivity index (χ3v) is 5.51. The zero-order valence-electron chi connectivity index (χ0n) is 14.8. The SMILES string of the molecule is Cc1ccc(Cl)cc1NC(=O)N1CCN(C(=O)C2CCCCC2)CC1. The van der Waals surface area contributed by atoms with Gasteiger partial charge in [0.15, 0.2) is 0 Å². The Balaban J connectivity index is 1.52. The summed E-state index contributed by atoms with van der Waals surface area (Å²) in [4.78, 5) is 28.8. The van der Waals surface area contributed by atoms with Crippen LogP contribution >= 0.6 is 11.6 Å². The first-order valence-corrected chi connectivity index (χ1v) is 9.53. The number of carbonyl (C=O) groups excluding carboxylic acids is 2. The van der Waals surface area contributed by atoms with Crippen molar-refractivity contribution in [1.82, 2.24) is 9.80 Å². The fourth-order valence-electron chi connectivity index (χ4n) is 3.66. The van der Waals surface area contributed by atoms with Crippen molar-refractivity contribution in [3.8, 4) is 0 Å². The molecule has 6 heteroatoms. The highest BCUT2D eigenvalue weighted by Crippen LogP contribution is 2.26. The van der Waals surface area contributed by atoms with E-state index in [1.807, 2.05) is 24.0 Å². The van der Waals surface area contributed by atoms with E-state index in [9.17, 15) is 9.59 Å². The molecule has 0 radical (unpaired) electrons. The Morgan fingerprint density at radius 2 is 1.68 bits per heavy atom. The molecule has 1 saturated heterocycles. The number of hydrogen-bond acceptors (Lipinski definition) is 2. The Labute approximate surface area is 154 Å². The highest BCUT2D eigenvalue weighted by molar-refractivity contribution is 6.31. The van der Waals surface area contributed by atoms with Crippen molar-refractivity contribution in [2.24, 2.45) is 5.92 Å². The molecule has 3 amide bonds. The molecule has 0 unspecified atom stereocenters. The lowest BCUT2D eigenvalue weighted by atomic mass is 9.88. The zero-order valence-corrected chi connectivity index (χ0v) is 15.5. The summed E-state index contributed by atoms with van der Waals surface area (Å²) in [6.07, 6.45) is 5.62. The molecule has 1 N–H and O–H groups in total. The summed E-state index contributed by atoms with van der Waals surface area (Å²) in [6, 6.07) is 5.33. The smallest absolute Gasteiger partial charge is 0.321 e. The summed E-state index contributed by atoms with van der Waals surface area (Å²) < 4.78 is 0. The number of aryl methyl sites for hydroxylation is 1. The average molecular weight is 364 g/mol. The van der Waals surface area contributed by atoms with E-state index in [2.05, 4.69) is 5.32 Å². The van der Waals surface area contributed by atoms with Crippen LogP contribution in [0.2, 0.25) is 5.02 Å². The van der Waals surface area contributed by atoms with Gasteiger partial charge >= 0.3 is 6.03 Å². The minimum Gasteiger partial charge on any atom is -0.339 e. The van der Waals surface area contributed by atoms with E-state index in [0.717, 1.165) is 36.9 Å². The predicted octanol–water partition coefficient (Wildman–Crippen LogP) is 3.90. The molecule has 1 aliphatic heterocycles. The normalized spacial score (nSPS) is 19.0. The van der Waals surface area contributed by atoms with Crippen LogP contribution < -0.4 is 5.32 Å². The second-order valence-corrected chi connectivity index (χ2v) is 7.47. The van der Waals surface area contributed by atoms with Gasteiger partial charge in [-0.2, -0.15) is 0 Å². The molecule has 1 saturated carbocycles. The monoisotopic (exact) mass is 363 g/mol. The van der Waals surface area contributed by atoms with Gasteiger partial charge in [-0.25, -0.2) is 4.79 Å². The van der Waals surface area contributed by atoms with Crippen LogP contribution in [-0.4, -0.2) is 47.9 Å². The van der Waals surface area contributed by atoms with Gasteiger partial charge < -0.3 is 15.1 Å². The topological polar surface area (TPSA) is 52.7 Å². The number of carbonyl (C=O) groups is 2. The van der Waals surface area contributed by atoms with Crippen LogP contribution in [0, 0.1) is 12.8 Å². The van der Waals surface area contributed by atoms with Crippen molar-refractivity contribution in [2.75, 3.05) is 31.5 Å². The maximum absolute atomic E-state index is 12.6. The lowest BCUT2D eigenvalue weighted by molar-refractivity contribution is -0.137. The van der Waals surface area contributed by atoms with Gasteiger partial charge in [-0.05, 0) is 37.5 Å². The molecule has 0 aromatic heterocycles. The standard InChI is InChI=1S/C19H26ClN3O2/c1-14-7-8-16(20)13-17(14)21-19(25)23-11-9-22(10-12-23)18(24)15-5-3-2-4-6-15/h7-8,13,15H,2-6,9-12H2,1H3,(H,21,25). The minimum atomic E-state index is -0.130. The summed E-state index contributed by atoms with van der Waals surface area (Å²) in [6.45, 7) is 4.33. The summed E-state index contributed by atoms with van der Waals surface area (Å²) in [5.74, 6) is 0.480. The number of rotatable bonds is 2.